The second kappa shape index (κ2) is 7.69. The van der Waals surface area contributed by atoms with E-state index in [1.54, 1.807) is 4.90 Å². The van der Waals surface area contributed by atoms with Gasteiger partial charge in [0.25, 0.3) is 5.91 Å². The van der Waals surface area contributed by atoms with E-state index in [-0.39, 0.29) is 17.8 Å². The summed E-state index contributed by atoms with van der Waals surface area (Å²) in [5.41, 5.74) is 1.20. The SMILES string of the molecule is CCC(CC)C(=O)OCCCN1C(=O)C(C)(C)Nc2ccccc21. The van der Waals surface area contributed by atoms with Crippen molar-refractivity contribution < 1.29 is 14.3 Å². The standard InChI is InChI=1S/C19H28N2O3/c1-5-14(6-2)17(22)24-13-9-12-21-16-11-8-7-10-15(16)20-19(3,4)18(21)23/h7-8,10-11,14,20H,5-6,9,12-13H2,1-4H3. The minimum atomic E-state index is -0.638. The first-order chi connectivity index (χ1) is 11.4. The minimum Gasteiger partial charge on any atom is -0.465 e. The predicted octanol–water partition coefficient (Wildman–Crippen LogP) is 3.59. The number of rotatable bonds is 7. The van der Waals surface area contributed by atoms with Gasteiger partial charge in [-0.05, 0) is 45.2 Å². The lowest BCUT2D eigenvalue weighted by Crippen LogP contribution is -2.54. The Morgan fingerprint density at radius 3 is 2.58 bits per heavy atom. The van der Waals surface area contributed by atoms with Gasteiger partial charge < -0.3 is 15.0 Å². The van der Waals surface area contributed by atoms with Crippen LogP contribution in [0, 0.1) is 5.92 Å². The fourth-order valence-corrected chi connectivity index (χ4v) is 3.01. The van der Waals surface area contributed by atoms with Gasteiger partial charge in [0.15, 0.2) is 0 Å². The third kappa shape index (κ3) is 3.89. The second-order valence-corrected chi connectivity index (χ2v) is 6.76. The lowest BCUT2D eigenvalue weighted by molar-refractivity contribution is -0.148. The lowest BCUT2D eigenvalue weighted by atomic mass is 9.98. The van der Waals surface area contributed by atoms with Crippen molar-refractivity contribution in [1.82, 2.24) is 0 Å². The number of para-hydroxylation sites is 2. The molecule has 132 valence electrons. The van der Waals surface area contributed by atoms with Gasteiger partial charge in [-0.2, -0.15) is 0 Å². The molecule has 1 N–H and O–H groups in total. The van der Waals surface area contributed by atoms with Crippen LogP contribution in [0.5, 0.6) is 0 Å². The van der Waals surface area contributed by atoms with Gasteiger partial charge in [-0.3, -0.25) is 9.59 Å². The molecule has 1 aromatic rings. The summed E-state index contributed by atoms with van der Waals surface area (Å²) in [6.07, 6.45) is 2.22. The van der Waals surface area contributed by atoms with Crippen molar-refractivity contribution in [3.63, 3.8) is 0 Å². The number of esters is 1. The maximum Gasteiger partial charge on any atom is 0.308 e. The molecule has 0 saturated carbocycles. The van der Waals surface area contributed by atoms with Crippen LogP contribution in [0.25, 0.3) is 0 Å². The van der Waals surface area contributed by atoms with Crippen molar-refractivity contribution in [1.29, 1.82) is 0 Å². The van der Waals surface area contributed by atoms with Crippen molar-refractivity contribution in [2.24, 2.45) is 5.92 Å². The number of ether oxygens (including phenoxy) is 1. The number of hydrogen-bond acceptors (Lipinski definition) is 4. The van der Waals surface area contributed by atoms with Gasteiger partial charge in [0.05, 0.1) is 23.9 Å². The molecule has 0 fully saturated rings. The zero-order valence-electron chi connectivity index (χ0n) is 15.1. The summed E-state index contributed by atoms with van der Waals surface area (Å²) in [4.78, 5) is 26.4. The largest absolute Gasteiger partial charge is 0.465 e. The molecule has 0 unspecified atom stereocenters. The average Bonchev–Trinajstić information content (AvgIpc) is 2.55. The number of benzene rings is 1. The molecule has 1 heterocycles. The van der Waals surface area contributed by atoms with E-state index in [1.807, 2.05) is 52.0 Å². The molecule has 0 aromatic heterocycles. The summed E-state index contributed by atoms with van der Waals surface area (Å²) in [5.74, 6) is -0.120. The monoisotopic (exact) mass is 332 g/mol. The smallest absolute Gasteiger partial charge is 0.308 e. The summed E-state index contributed by atoms with van der Waals surface area (Å²) in [5, 5.41) is 3.28. The van der Waals surface area contributed by atoms with Crippen LogP contribution in [0.2, 0.25) is 0 Å². The minimum absolute atomic E-state index is 0.0227. The Kier molecular flexibility index (Phi) is 5.86. The summed E-state index contributed by atoms with van der Waals surface area (Å²) in [6.45, 7) is 8.63. The molecule has 1 amide bonds. The number of nitrogens with one attached hydrogen (secondary N) is 1. The van der Waals surface area contributed by atoms with Gasteiger partial charge in [0, 0.05) is 6.54 Å². The van der Waals surface area contributed by atoms with E-state index in [1.165, 1.54) is 0 Å². The van der Waals surface area contributed by atoms with E-state index in [0.717, 1.165) is 24.2 Å². The molecule has 5 nitrogen and oxygen atoms in total. The van der Waals surface area contributed by atoms with Crippen LogP contribution in [0.15, 0.2) is 24.3 Å². The molecular formula is C19H28N2O3. The topological polar surface area (TPSA) is 58.6 Å². The molecule has 0 radical (unpaired) electrons. The molecule has 0 aliphatic carbocycles. The first kappa shape index (κ1) is 18.3. The number of hydrogen-bond donors (Lipinski definition) is 1. The van der Waals surface area contributed by atoms with Crippen molar-refractivity contribution >= 4 is 23.3 Å². The van der Waals surface area contributed by atoms with Crippen LogP contribution >= 0.6 is 0 Å². The van der Waals surface area contributed by atoms with E-state index in [0.29, 0.717) is 19.6 Å². The van der Waals surface area contributed by atoms with Gasteiger partial charge in [0.2, 0.25) is 0 Å². The van der Waals surface area contributed by atoms with Gasteiger partial charge in [-0.15, -0.1) is 0 Å². The number of fused-ring (bicyclic) bond motifs is 1. The van der Waals surface area contributed by atoms with Crippen LogP contribution in [-0.4, -0.2) is 30.6 Å². The fraction of sp³-hybridized carbons (Fsp3) is 0.579. The molecule has 1 aliphatic rings. The molecule has 0 spiro atoms. The van der Waals surface area contributed by atoms with Crippen LogP contribution in [0.1, 0.15) is 47.0 Å². The fourth-order valence-electron chi connectivity index (χ4n) is 3.01. The first-order valence-electron chi connectivity index (χ1n) is 8.76. The van der Waals surface area contributed by atoms with Crippen LogP contribution in [0.3, 0.4) is 0 Å². The number of carbonyl (C=O) groups excluding carboxylic acids is 2. The summed E-state index contributed by atoms with van der Waals surface area (Å²) in [6, 6.07) is 7.79. The van der Waals surface area contributed by atoms with Crippen molar-refractivity contribution in [2.75, 3.05) is 23.4 Å². The van der Waals surface area contributed by atoms with E-state index in [2.05, 4.69) is 5.32 Å². The summed E-state index contributed by atoms with van der Waals surface area (Å²) in [7, 11) is 0. The maximum absolute atomic E-state index is 12.7. The van der Waals surface area contributed by atoms with Gasteiger partial charge in [-0.25, -0.2) is 0 Å². The zero-order valence-corrected chi connectivity index (χ0v) is 15.1. The van der Waals surface area contributed by atoms with Crippen molar-refractivity contribution in [3.05, 3.63) is 24.3 Å². The lowest BCUT2D eigenvalue weighted by Gasteiger charge is -2.40. The average molecular weight is 332 g/mol. The van der Waals surface area contributed by atoms with E-state index in [9.17, 15) is 9.59 Å². The summed E-state index contributed by atoms with van der Waals surface area (Å²) < 4.78 is 5.36. The Morgan fingerprint density at radius 1 is 1.25 bits per heavy atom. The highest BCUT2D eigenvalue weighted by Gasteiger charge is 2.38. The number of carbonyl (C=O) groups is 2. The Morgan fingerprint density at radius 2 is 1.92 bits per heavy atom. The van der Waals surface area contributed by atoms with Crippen molar-refractivity contribution in [2.45, 2.75) is 52.5 Å². The molecule has 5 heteroatoms. The Bertz CT molecular complexity index is 594. The third-order valence-corrected chi connectivity index (χ3v) is 4.51. The Labute approximate surface area is 144 Å². The van der Waals surface area contributed by atoms with Crippen LogP contribution < -0.4 is 10.2 Å². The van der Waals surface area contributed by atoms with E-state index < -0.39 is 5.54 Å². The quantitative estimate of drug-likeness (QED) is 0.612. The highest BCUT2D eigenvalue weighted by molar-refractivity contribution is 6.07. The molecular weight excluding hydrogens is 304 g/mol. The molecule has 0 bridgehead atoms. The highest BCUT2D eigenvalue weighted by Crippen LogP contribution is 2.34. The van der Waals surface area contributed by atoms with Crippen molar-refractivity contribution in [3.8, 4) is 0 Å². The molecule has 2 rings (SSSR count). The van der Waals surface area contributed by atoms with E-state index in [4.69, 9.17) is 4.74 Å². The first-order valence-corrected chi connectivity index (χ1v) is 8.76. The second-order valence-electron chi connectivity index (χ2n) is 6.76. The number of nitrogens with zero attached hydrogens (tertiary/aromatic N) is 1. The predicted molar refractivity (Wildman–Crippen MR) is 96.1 cm³/mol. The van der Waals surface area contributed by atoms with E-state index >= 15 is 0 Å². The van der Waals surface area contributed by atoms with Gasteiger partial charge in [0.1, 0.15) is 5.54 Å². The van der Waals surface area contributed by atoms with Crippen LogP contribution in [-0.2, 0) is 14.3 Å². The summed E-state index contributed by atoms with van der Waals surface area (Å²) >= 11 is 0. The van der Waals surface area contributed by atoms with Crippen LogP contribution in [0.4, 0.5) is 11.4 Å². The normalized spacial score (nSPS) is 15.9. The highest BCUT2D eigenvalue weighted by atomic mass is 16.5. The molecule has 1 aromatic carbocycles. The molecule has 1 aliphatic heterocycles. The number of anilines is 2. The molecule has 0 atom stereocenters. The molecule has 24 heavy (non-hydrogen) atoms. The number of amides is 1. The van der Waals surface area contributed by atoms with Gasteiger partial charge >= 0.3 is 5.97 Å². The Hall–Kier alpha value is -2.04. The Balaban J connectivity index is 1.96. The maximum atomic E-state index is 12.7. The third-order valence-electron chi connectivity index (χ3n) is 4.51. The zero-order chi connectivity index (χ0) is 17.7. The molecule has 0 saturated heterocycles. The van der Waals surface area contributed by atoms with Gasteiger partial charge in [-0.1, -0.05) is 26.0 Å².